The summed E-state index contributed by atoms with van der Waals surface area (Å²) >= 11 is 0. The maximum Gasteiger partial charge on any atom is 0.406 e. The molecule has 0 atom stereocenters. The van der Waals surface area contributed by atoms with Crippen LogP contribution in [0.3, 0.4) is 0 Å². The van der Waals surface area contributed by atoms with E-state index in [1.165, 1.54) is 7.05 Å². The van der Waals surface area contributed by atoms with Crippen LogP contribution < -0.4 is 10.6 Å². The topological polar surface area (TPSA) is 86.9 Å². The molecule has 0 aliphatic carbocycles. The number of hydrogen-bond acceptors (Lipinski definition) is 4. The van der Waals surface area contributed by atoms with Crippen LogP contribution >= 0.6 is 0 Å². The molecule has 2 aromatic heterocycles. The molecule has 0 radical (unpaired) electrons. The van der Waals surface area contributed by atoms with E-state index in [0.29, 0.717) is 16.4 Å². The van der Waals surface area contributed by atoms with Gasteiger partial charge >= 0.3 is 6.18 Å². The van der Waals surface area contributed by atoms with Gasteiger partial charge < -0.3 is 15.5 Å². The summed E-state index contributed by atoms with van der Waals surface area (Å²) in [6.07, 6.45) is -2.63. The van der Waals surface area contributed by atoms with Gasteiger partial charge in [-0.1, -0.05) is 6.07 Å². The number of likely N-dealkylation sites (N-methyl/N-ethyl adjacent to an activating group) is 1. The van der Waals surface area contributed by atoms with E-state index >= 15 is 0 Å². The molecule has 0 saturated heterocycles. The zero-order valence-electron chi connectivity index (χ0n) is 13.7. The number of guanidine groups is 1. The third kappa shape index (κ3) is 5.33. The van der Waals surface area contributed by atoms with Crippen molar-refractivity contribution in [2.45, 2.75) is 12.7 Å². The monoisotopic (exact) mass is 357 g/mol. The van der Waals surface area contributed by atoms with E-state index in [0.717, 1.165) is 7.05 Å². The van der Waals surface area contributed by atoms with E-state index in [-0.39, 0.29) is 19.0 Å². The summed E-state index contributed by atoms with van der Waals surface area (Å²) in [6.45, 7) is -1.34. The van der Waals surface area contributed by atoms with Crippen LogP contribution in [0, 0.1) is 0 Å². The second-order valence-electron chi connectivity index (χ2n) is 5.19. The molecule has 0 aliphatic heterocycles. The van der Waals surface area contributed by atoms with E-state index in [1.807, 2.05) is 12.1 Å². The average Bonchev–Trinajstić information content (AvgIpc) is 2.96. The molecule has 2 aromatic rings. The Kier molecular flexibility index (Phi) is 5.78. The van der Waals surface area contributed by atoms with Gasteiger partial charge in [0.1, 0.15) is 6.54 Å². The lowest BCUT2D eigenvalue weighted by Gasteiger charge is -2.19. The number of rotatable bonds is 5. The lowest BCUT2D eigenvalue weighted by molar-refractivity contribution is -0.157. The third-order valence-corrected chi connectivity index (χ3v) is 3.27. The number of hydrogen-bond donors (Lipinski definition) is 2. The van der Waals surface area contributed by atoms with Crippen molar-refractivity contribution in [3.63, 3.8) is 0 Å². The Morgan fingerprint density at radius 1 is 1.32 bits per heavy atom. The molecule has 0 unspecified atom stereocenters. The van der Waals surface area contributed by atoms with Gasteiger partial charge in [-0.25, -0.2) is 0 Å². The van der Waals surface area contributed by atoms with Crippen molar-refractivity contribution in [3.05, 3.63) is 30.2 Å². The fourth-order valence-electron chi connectivity index (χ4n) is 2.05. The first-order chi connectivity index (χ1) is 11.8. The highest BCUT2D eigenvalue weighted by Gasteiger charge is 2.31. The second kappa shape index (κ2) is 7.81. The number of halogens is 3. The van der Waals surface area contributed by atoms with Crippen molar-refractivity contribution in [3.8, 4) is 0 Å². The Morgan fingerprint density at radius 3 is 2.76 bits per heavy atom. The minimum atomic E-state index is -4.43. The molecule has 8 nitrogen and oxygen atoms in total. The summed E-state index contributed by atoms with van der Waals surface area (Å²) in [5.74, 6) is 0.189. The maximum atomic E-state index is 12.3. The van der Waals surface area contributed by atoms with Crippen LogP contribution in [0.5, 0.6) is 0 Å². The molecule has 0 saturated carbocycles. The van der Waals surface area contributed by atoms with Gasteiger partial charge in [0.25, 0.3) is 0 Å². The lowest BCUT2D eigenvalue weighted by Crippen LogP contribution is -2.45. The molecule has 0 fully saturated rings. The van der Waals surface area contributed by atoms with Crippen molar-refractivity contribution in [2.75, 3.05) is 27.2 Å². The first-order valence-corrected chi connectivity index (χ1v) is 7.34. The fourth-order valence-corrected chi connectivity index (χ4v) is 2.05. The fraction of sp³-hybridized carbons (Fsp3) is 0.429. The smallest absolute Gasteiger partial charge is 0.349 e. The van der Waals surface area contributed by atoms with Crippen LogP contribution in [0.15, 0.2) is 29.4 Å². The number of carbonyl (C=O) groups is 1. The predicted molar refractivity (Wildman–Crippen MR) is 84.9 cm³/mol. The van der Waals surface area contributed by atoms with Crippen LogP contribution in [0.2, 0.25) is 0 Å². The highest BCUT2D eigenvalue weighted by Crippen LogP contribution is 2.15. The van der Waals surface area contributed by atoms with E-state index in [4.69, 9.17) is 0 Å². The Bertz CT molecular complexity index is 756. The Hall–Kier alpha value is -2.85. The van der Waals surface area contributed by atoms with Crippen molar-refractivity contribution < 1.29 is 18.0 Å². The van der Waals surface area contributed by atoms with Gasteiger partial charge in [-0.15, -0.1) is 10.2 Å². The molecular weight excluding hydrogens is 339 g/mol. The first kappa shape index (κ1) is 18.5. The average molecular weight is 357 g/mol. The molecule has 0 aromatic carbocycles. The number of pyridine rings is 1. The normalized spacial score (nSPS) is 12.3. The molecule has 11 heteroatoms. The van der Waals surface area contributed by atoms with Crippen LogP contribution in [-0.4, -0.2) is 64.7 Å². The summed E-state index contributed by atoms with van der Waals surface area (Å²) in [4.78, 5) is 16.2. The van der Waals surface area contributed by atoms with Crippen LogP contribution in [0.4, 0.5) is 13.2 Å². The first-order valence-electron chi connectivity index (χ1n) is 7.34. The largest absolute Gasteiger partial charge is 0.406 e. The standard InChI is InChI=1S/C14H18F3N7O/c1-18-13(20-8-12(25)23(2)9-14(15,16)17)19-7-11-22-21-10-5-3-4-6-24(10)11/h3-6H,7-9H2,1-2H3,(H2,18,19,20). The number of amides is 1. The van der Waals surface area contributed by atoms with E-state index in [2.05, 4.69) is 25.8 Å². The molecule has 25 heavy (non-hydrogen) atoms. The van der Waals surface area contributed by atoms with Crippen LogP contribution in [-0.2, 0) is 11.3 Å². The Morgan fingerprint density at radius 2 is 2.08 bits per heavy atom. The van der Waals surface area contributed by atoms with E-state index in [1.54, 1.807) is 16.7 Å². The Balaban J connectivity index is 1.86. The summed E-state index contributed by atoms with van der Waals surface area (Å²) < 4.78 is 38.6. The third-order valence-electron chi connectivity index (χ3n) is 3.27. The zero-order valence-corrected chi connectivity index (χ0v) is 13.7. The summed E-state index contributed by atoms with van der Waals surface area (Å²) in [5, 5.41) is 13.6. The number of alkyl halides is 3. The number of nitrogens with one attached hydrogen (secondary N) is 2. The maximum absolute atomic E-state index is 12.3. The molecule has 1 amide bonds. The number of nitrogens with zero attached hydrogens (tertiary/aromatic N) is 5. The second-order valence-corrected chi connectivity index (χ2v) is 5.19. The number of fused-ring (bicyclic) bond motifs is 1. The minimum absolute atomic E-state index is 0.265. The van der Waals surface area contributed by atoms with Crippen molar-refractivity contribution >= 4 is 17.5 Å². The SMILES string of the molecule is CN=C(NCC(=O)N(C)CC(F)(F)F)NCc1nnc2ccccn12. The van der Waals surface area contributed by atoms with Crippen molar-refractivity contribution in [2.24, 2.45) is 4.99 Å². The van der Waals surface area contributed by atoms with Gasteiger partial charge in [0.2, 0.25) is 5.91 Å². The van der Waals surface area contributed by atoms with E-state index in [9.17, 15) is 18.0 Å². The summed E-state index contributed by atoms with van der Waals surface area (Å²) in [7, 11) is 2.58. The van der Waals surface area contributed by atoms with Crippen molar-refractivity contribution in [1.82, 2.24) is 30.1 Å². The number of aliphatic imine (C=N–C) groups is 1. The zero-order chi connectivity index (χ0) is 18.4. The lowest BCUT2D eigenvalue weighted by atomic mass is 10.4. The molecule has 0 aliphatic rings. The van der Waals surface area contributed by atoms with Gasteiger partial charge in [-0.05, 0) is 12.1 Å². The van der Waals surface area contributed by atoms with Gasteiger partial charge in [-0.2, -0.15) is 13.2 Å². The highest BCUT2D eigenvalue weighted by atomic mass is 19.4. The molecule has 0 bridgehead atoms. The molecule has 2 heterocycles. The number of carbonyl (C=O) groups excluding carboxylic acids is 1. The minimum Gasteiger partial charge on any atom is -0.349 e. The quantitative estimate of drug-likeness (QED) is 0.598. The predicted octanol–water partition coefficient (Wildman–Crippen LogP) is 0.415. The molecule has 136 valence electrons. The summed E-state index contributed by atoms with van der Waals surface area (Å²) in [6, 6.07) is 5.48. The van der Waals surface area contributed by atoms with Crippen molar-refractivity contribution in [1.29, 1.82) is 0 Å². The summed E-state index contributed by atoms with van der Waals surface area (Å²) in [5.41, 5.74) is 0.686. The molecule has 2 N–H and O–H groups in total. The van der Waals surface area contributed by atoms with Crippen LogP contribution in [0.25, 0.3) is 5.65 Å². The Labute approximate surface area is 141 Å². The van der Waals surface area contributed by atoms with E-state index < -0.39 is 18.6 Å². The van der Waals surface area contributed by atoms with Gasteiger partial charge in [0.05, 0.1) is 13.1 Å². The number of aromatic nitrogens is 3. The van der Waals surface area contributed by atoms with Gasteiger partial charge in [0, 0.05) is 20.3 Å². The molecule has 2 rings (SSSR count). The van der Waals surface area contributed by atoms with Crippen LogP contribution in [0.1, 0.15) is 5.82 Å². The molecule has 0 spiro atoms. The van der Waals surface area contributed by atoms with Gasteiger partial charge in [-0.3, -0.25) is 14.2 Å². The molecular formula is C14H18F3N7O. The van der Waals surface area contributed by atoms with Gasteiger partial charge in [0.15, 0.2) is 17.4 Å². The highest BCUT2D eigenvalue weighted by molar-refractivity contribution is 5.86.